The quantitative estimate of drug-likeness (QED) is 0.899. The zero-order valence-corrected chi connectivity index (χ0v) is 14.9. The first-order valence-corrected chi connectivity index (χ1v) is 8.67. The van der Waals surface area contributed by atoms with Crippen molar-refractivity contribution in [3.05, 3.63) is 53.1 Å². The minimum absolute atomic E-state index is 0.179. The second kappa shape index (κ2) is 7.44. The van der Waals surface area contributed by atoms with E-state index in [1.165, 1.54) is 12.1 Å². The third-order valence-corrected chi connectivity index (χ3v) is 4.87. The van der Waals surface area contributed by atoms with E-state index in [-0.39, 0.29) is 6.04 Å². The molecule has 1 aromatic carbocycles. The molecule has 0 bridgehead atoms. The fraction of sp³-hybridized carbons (Fsp3) is 0.474. The van der Waals surface area contributed by atoms with E-state index < -0.39 is 11.6 Å². The molecule has 0 unspecified atom stereocenters. The Bertz CT molecular complexity index is 750. The predicted molar refractivity (Wildman–Crippen MR) is 94.6 cm³/mol. The van der Waals surface area contributed by atoms with Gasteiger partial charge in [0.1, 0.15) is 5.82 Å². The highest BCUT2D eigenvalue weighted by molar-refractivity contribution is 5.47. The maximum absolute atomic E-state index is 13.4. The minimum Gasteiger partial charge on any atom is -0.371 e. The van der Waals surface area contributed by atoms with Crippen LogP contribution < -0.4 is 10.2 Å². The summed E-state index contributed by atoms with van der Waals surface area (Å²) < 4.78 is 26.5. The topological polar surface area (TPSA) is 41.1 Å². The Morgan fingerprint density at radius 2 is 2.08 bits per heavy atom. The summed E-state index contributed by atoms with van der Waals surface area (Å²) in [5.41, 5.74) is 2.86. The third kappa shape index (κ3) is 4.12. The maximum atomic E-state index is 13.4. The van der Waals surface area contributed by atoms with Gasteiger partial charge in [-0.05, 0) is 45.2 Å². The number of hydrogen-bond acceptors (Lipinski definition) is 4. The molecule has 2 aromatic rings. The molecule has 0 spiro atoms. The summed E-state index contributed by atoms with van der Waals surface area (Å²) in [7, 11) is 0. The molecule has 0 amide bonds. The van der Waals surface area contributed by atoms with Crippen molar-refractivity contribution in [3.63, 3.8) is 0 Å². The van der Waals surface area contributed by atoms with Gasteiger partial charge in [0.2, 0.25) is 0 Å². The lowest BCUT2D eigenvalue weighted by Gasteiger charge is -2.21. The molecule has 0 radical (unpaired) electrons. The number of hydrogen-bond donors (Lipinski definition) is 1. The molecule has 2 heterocycles. The molecule has 1 aromatic heterocycles. The van der Waals surface area contributed by atoms with Crippen molar-refractivity contribution in [2.75, 3.05) is 24.5 Å². The molecular weight excluding hydrogens is 322 g/mol. The van der Waals surface area contributed by atoms with E-state index in [9.17, 15) is 8.78 Å². The summed E-state index contributed by atoms with van der Waals surface area (Å²) in [6.07, 6.45) is 2.92. The lowest BCUT2D eigenvalue weighted by atomic mass is 10.1. The van der Waals surface area contributed by atoms with Gasteiger partial charge >= 0.3 is 0 Å². The first kappa shape index (κ1) is 17.7. The molecule has 6 heteroatoms. The van der Waals surface area contributed by atoms with E-state index in [4.69, 9.17) is 0 Å². The summed E-state index contributed by atoms with van der Waals surface area (Å²) in [6, 6.07) is 4.29. The van der Waals surface area contributed by atoms with E-state index in [0.717, 1.165) is 48.8 Å². The summed E-state index contributed by atoms with van der Waals surface area (Å²) in [4.78, 5) is 10.8. The fourth-order valence-electron chi connectivity index (χ4n) is 3.39. The molecule has 1 saturated heterocycles. The number of benzene rings is 1. The smallest absolute Gasteiger partial charge is 0.160 e. The Hall–Kier alpha value is -2.08. The highest BCUT2D eigenvalue weighted by Crippen LogP contribution is 2.25. The zero-order valence-electron chi connectivity index (χ0n) is 14.9. The van der Waals surface area contributed by atoms with Crippen LogP contribution >= 0.6 is 0 Å². The lowest BCUT2D eigenvalue weighted by Crippen LogP contribution is -2.29. The van der Waals surface area contributed by atoms with Crippen LogP contribution in [0.3, 0.4) is 0 Å². The molecule has 1 aliphatic heterocycles. The van der Waals surface area contributed by atoms with Gasteiger partial charge in [-0.3, -0.25) is 0 Å². The van der Waals surface area contributed by atoms with Crippen LogP contribution in [0, 0.1) is 31.4 Å². The molecule has 0 saturated carbocycles. The average molecular weight is 346 g/mol. The Kier molecular flexibility index (Phi) is 5.27. The van der Waals surface area contributed by atoms with Crippen molar-refractivity contribution in [1.29, 1.82) is 0 Å². The highest BCUT2D eigenvalue weighted by Gasteiger charge is 2.24. The summed E-state index contributed by atoms with van der Waals surface area (Å²) in [5.74, 6) is -0.332. The monoisotopic (exact) mass is 346 g/mol. The zero-order chi connectivity index (χ0) is 18.0. The van der Waals surface area contributed by atoms with Crippen LogP contribution in [0.2, 0.25) is 0 Å². The normalized spacial score (nSPS) is 18.6. The Morgan fingerprint density at radius 1 is 1.28 bits per heavy atom. The van der Waals surface area contributed by atoms with Gasteiger partial charge in [-0.25, -0.2) is 18.7 Å². The molecule has 4 nitrogen and oxygen atoms in total. The number of nitrogens with one attached hydrogen (secondary N) is 1. The first-order valence-electron chi connectivity index (χ1n) is 8.67. The second-order valence-electron chi connectivity index (χ2n) is 6.79. The van der Waals surface area contributed by atoms with Gasteiger partial charge in [0.25, 0.3) is 0 Å². The summed E-state index contributed by atoms with van der Waals surface area (Å²) in [6.45, 7) is 8.58. The van der Waals surface area contributed by atoms with Crippen LogP contribution in [-0.4, -0.2) is 29.6 Å². The number of aryl methyl sites for hydroxylation is 2. The van der Waals surface area contributed by atoms with E-state index in [2.05, 4.69) is 27.1 Å². The minimum atomic E-state index is -0.800. The van der Waals surface area contributed by atoms with Gasteiger partial charge in [0, 0.05) is 54.9 Å². The van der Waals surface area contributed by atoms with Crippen molar-refractivity contribution in [2.24, 2.45) is 5.92 Å². The Balaban J connectivity index is 1.55. The van der Waals surface area contributed by atoms with Crippen LogP contribution in [0.1, 0.15) is 36.5 Å². The fourth-order valence-corrected chi connectivity index (χ4v) is 3.39. The first-order chi connectivity index (χ1) is 11.9. The van der Waals surface area contributed by atoms with Crippen LogP contribution in [0.15, 0.2) is 24.4 Å². The molecular formula is C19H24F2N4. The van der Waals surface area contributed by atoms with Gasteiger partial charge in [-0.2, -0.15) is 0 Å². The van der Waals surface area contributed by atoms with Gasteiger partial charge < -0.3 is 10.2 Å². The van der Waals surface area contributed by atoms with Crippen molar-refractivity contribution in [1.82, 2.24) is 15.3 Å². The molecule has 134 valence electrons. The second-order valence-corrected chi connectivity index (χ2v) is 6.79. The maximum Gasteiger partial charge on any atom is 0.160 e. The van der Waals surface area contributed by atoms with Gasteiger partial charge in [0.05, 0.1) is 0 Å². The average Bonchev–Trinajstić information content (AvgIpc) is 3.04. The number of rotatable bonds is 5. The molecule has 2 atom stereocenters. The third-order valence-electron chi connectivity index (χ3n) is 4.87. The Labute approximate surface area is 147 Å². The molecule has 0 aliphatic carbocycles. The molecule has 3 rings (SSSR count). The van der Waals surface area contributed by atoms with Gasteiger partial charge in [-0.15, -0.1) is 0 Å². The van der Waals surface area contributed by atoms with E-state index >= 15 is 0 Å². The van der Waals surface area contributed by atoms with Crippen LogP contribution in [0.5, 0.6) is 0 Å². The molecule has 25 heavy (non-hydrogen) atoms. The van der Waals surface area contributed by atoms with Crippen molar-refractivity contribution in [3.8, 4) is 0 Å². The van der Waals surface area contributed by atoms with E-state index in [1.54, 1.807) is 6.07 Å². The van der Waals surface area contributed by atoms with E-state index in [0.29, 0.717) is 5.92 Å². The SMILES string of the molecule is Cc1ncc([C@@H](C)NC[C@@H]2CCN(c3ccc(F)c(F)c3)C2)c(C)n1. The number of aromatic nitrogens is 2. The molecule has 1 N–H and O–H groups in total. The lowest BCUT2D eigenvalue weighted by molar-refractivity contribution is 0.470. The summed E-state index contributed by atoms with van der Waals surface area (Å²) in [5, 5.41) is 3.55. The van der Waals surface area contributed by atoms with Crippen molar-refractivity contribution >= 4 is 5.69 Å². The molecule has 1 fully saturated rings. The van der Waals surface area contributed by atoms with Crippen molar-refractivity contribution in [2.45, 2.75) is 33.2 Å². The predicted octanol–water partition coefficient (Wildman–Crippen LogP) is 3.55. The molecule has 1 aliphatic rings. The van der Waals surface area contributed by atoms with Crippen molar-refractivity contribution < 1.29 is 8.78 Å². The highest BCUT2D eigenvalue weighted by atomic mass is 19.2. The Morgan fingerprint density at radius 3 is 2.80 bits per heavy atom. The number of anilines is 1. The van der Waals surface area contributed by atoms with Crippen LogP contribution in [0.4, 0.5) is 14.5 Å². The van der Waals surface area contributed by atoms with Gasteiger partial charge in [0.15, 0.2) is 11.6 Å². The van der Waals surface area contributed by atoms with Crippen LogP contribution in [-0.2, 0) is 0 Å². The van der Waals surface area contributed by atoms with Gasteiger partial charge in [-0.1, -0.05) is 0 Å². The van der Waals surface area contributed by atoms with Crippen LogP contribution in [0.25, 0.3) is 0 Å². The van der Waals surface area contributed by atoms with E-state index in [1.807, 2.05) is 20.0 Å². The summed E-state index contributed by atoms with van der Waals surface area (Å²) >= 11 is 0. The largest absolute Gasteiger partial charge is 0.371 e. The standard InChI is InChI=1S/C19H24F2N4/c1-12(17-10-23-14(3)24-13(17)2)22-9-15-6-7-25(11-15)16-4-5-18(20)19(21)8-16/h4-5,8,10,12,15,22H,6-7,9,11H2,1-3H3/t12-,15+/m1/s1. The number of halogens is 2. The number of nitrogens with zero attached hydrogens (tertiary/aromatic N) is 3.